The molecule has 0 saturated carbocycles. The Kier molecular flexibility index (Phi) is 6.20. The van der Waals surface area contributed by atoms with Crippen LogP contribution < -0.4 is 5.32 Å². The number of hydrogen-bond acceptors (Lipinski definition) is 4. The Balaban J connectivity index is 2.57. The zero-order valence-corrected chi connectivity index (χ0v) is 11.5. The van der Waals surface area contributed by atoms with Crippen molar-refractivity contribution in [3.05, 3.63) is 29.6 Å². The summed E-state index contributed by atoms with van der Waals surface area (Å²) >= 11 is 0. The third-order valence-corrected chi connectivity index (χ3v) is 2.44. The topological polar surface area (TPSA) is 82.5 Å². The Morgan fingerprint density at radius 1 is 1.40 bits per heavy atom. The van der Waals surface area contributed by atoms with Gasteiger partial charge in [0.2, 0.25) is 5.91 Å². The second-order valence-electron chi connectivity index (χ2n) is 4.22. The van der Waals surface area contributed by atoms with E-state index in [-0.39, 0.29) is 31.4 Å². The lowest BCUT2D eigenvalue weighted by Crippen LogP contribution is -2.30. The van der Waals surface area contributed by atoms with Crippen molar-refractivity contribution in [1.29, 1.82) is 0 Å². The summed E-state index contributed by atoms with van der Waals surface area (Å²) in [6, 6.07) is 1.58. The van der Waals surface area contributed by atoms with Gasteiger partial charge in [0.1, 0.15) is 6.61 Å². The van der Waals surface area contributed by atoms with Gasteiger partial charge in [-0.2, -0.15) is 0 Å². The minimum absolute atomic E-state index is 0.0500. The summed E-state index contributed by atoms with van der Waals surface area (Å²) in [5.41, 5.74) is 0.920. The number of aliphatic hydroxyl groups is 1. The average Bonchev–Trinajstić information content (AvgIpc) is 2.45. The molecule has 6 heteroatoms. The molecule has 0 spiro atoms. The van der Waals surface area contributed by atoms with E-state index in [0.29, 0.717) is 11.1 Å². The van der Waals surface area contributed by atoms with E-state index < -0.39 is 0 Å². The van der Waals surface area contributed by atoms with Crippen LogP contribution in [0.5, 0.6) is 0 Å². The highest BCUT2D eigenvalue weighted by Crippen LogP contribution is 2.01. The average molecular weight is 275 g/mol. The number of nitrogens with zero attached hydrogens (tertiary/aromatic N) is 2. The molecule has 2 N–H and O–H groups in total. The van der Waals surface area contributed by atoms with Gasteiger partial charge >= 0.3 is 0 Å². The van der Waals surface area contributed by atoms with E-state index >= 15 is 0 Å². The maximum absolute atomic E-state index is 11.8. The van der Waals surface area contributed by atoms with Gasteiger partial charge in [-0.25, -0.2) is 0 Å². The summed E-state index contributed by atoms with van der Waals surface area (Å²) < 4.78 is 0. The molecule has 0 atom stereocenters. The number of nitrogens with one attached hydrogen (secondary N) is 1. The molecular formula is C14H17N3O3. The molecule has 0 aliphatic carbocycles. The van der Waals surface area contributed by atoms with Crippen LogP contribution in [0, 0.1) is 11.8 Å². The van der Waals surface area contributed by atoms with E-state index in [0.717, 1.165) is 0 Å². The second-order valence-corrected chi connectivity index (χ2v) is 4.22. The molecule has 0 unspecified atom stereocenters. The van der Waals surface area contributed by atoms with E-state index in [1.54, 1.807) is 20.2 Å². The van der Waals surface area contributed by atoms with Gasteiger partial charge in [-0.3, -0.25) is 14.6 Å². The monoisotopic (exact) mass is 275 g/mol. The van der Waals surface area contributed by atoms with Crippen molar-refractivity contribution in [3.8, 4) is 11.8 Å². The lowest BCUT2D eigenvalue weighted by atomic mass is 10.2. The number of carbonyl (C=O) groups excluding carboxylic acids is 2. The highest BCUT2D eigenvalue weighted by molar-refractivity contribution is 5.94. The van der Waals surface area contributed by atoms with Gasteiger partial charge in [-0.1, -0.05) is 11.8 Å². The zero-order valence-electron chi connectivity index (χ0n) is 11.5. The van der Waals surface area contributed by atoms with Crippen LogP contribution in [0.4, 0.5) is 0 Å². The molecule has 1 heterocycles. The smallest absolute Gasteiger partial charge is 0.252 e. The molecule has 106 valence electrons. The van der Waals surface area contributed by atoms with Gasteiger partial charge in [0.25, 0.3) is 5.91 Å². The lowest BCUT2D eigenvalue weighted by molar-refractivity contribution is -0.128. The van der Waals surface area contributed by atoms with Gasteiger partial charge in [0.15, 0.2) is 0 Å². The molecular weight excluding hydrogens is 258 g/mol. The fraction of sp³-hybridized carbons (Fsp3) is 0.357. The summed E-state index contributed by atoms with van der Waals surface area (Å²) in [7, 11) is 3.33. The maximum atomic E-state index is 11.8. The number of carbonyl (C=O) groups is 2. The van der Waals surface area contributed by atoms with Crippen LogP contribution in [0.3, 0.4) is 0 Å². The summed E-state index contributed by atoms with van der Waals surface area (Å²) in [4.78, 5) is 28.6. The number of aliphatic hydroxyl groups excluding tert-OH is 1. The predicted molar refractivity (Wildman–Crippen MR) is 73.8 cm³/mol. The van der Waals surface area contributed by atoms with Crippen molar-refractivity contribution in [2.45, 2.75) is 6.42 Å². The fourth-order valence-corrected chi connectivity index (χ4v) is 1.38. The Morgan fingerprint density at radius 3 is 2.80 bits per heavy atom. The van der Waals surface area contributed by atoms with Crippen molar-refractivity contribution in [3.63, 3.8) is 0 Å². The van der Waals surface area contributed by atoms with Gasteiger partial charge in [0.05, 0.1) is 5.56 Å². The van der Waals surface area contributed by atoms with Crippen LogP contribution in [0.1, 0.15) is 22.3 Å². The quantitative estimate of drug-likeness (QED) is 0.735. The van der Waals surface area contributed by atoms with Crippen molar-refractivity contribution in [1.82, 2.24) is 15.2 Å². The van der Waals surface area contributed by atoms with Crippen molar-refractivity contribution in [2.24, 2.45) is 0 Å². The molecule has 0 radical (unpaired) electrons. The van der Waals surface area contributed by atoms with Gasteiger partial charge in [-0.15, -0.1) is 0 Å². The first-order valence-corrected chi connectivity index (χ1v) is 6.07. The van der Waals surface area contributed by atoms with Crippen molar-refractivity contribution in [2.75, 3.05) is 27.2 Å². The molecule has 0 aromatic carbocycles. The largest absolute Gasteiger partial charge is 0.384 e. The van der Waals surface area contributed by atoms with E-state index in [4.69, 9.17) is 5.11 Å². The Bertz CT molecular complexity index is 544. The van der Waals surface area contributed by atoms with E-state index in [9.17, 15) is 9.59 Å². The molecule has 0 bridgehead atoms. The third kappa shape index (κ3) is 5.08. The molecule has 1 rings (SSSR count). The predicted octanol–water partition coefficient (Wildman–Crippen LogP) is -0.367. The van der Waals surface area contributed by atoms with Crippen molar-refractivity contribution < 1.29 is 14.7 Å². The molecule has 2 amide bonds. The molecule has 20 heavy (non-hydrogen) atoms. The first-order valence-electron chi connectivity index (χ1n) is 6.07. The molecule has 1 aromatic heterocycles. The summed E-state index contributed by atoms with van der Waals surface area (Å²) in [6.07, 6.45) is 3.18. The van der Waals surface area contributed by atoms with Crippen LogP contribution >= 0.6 is 0 Å². The SMILES string of the molecule is CN(C)C(=O)CCNC(=O)c1cncc(C#CCO)c1. The van der Waals surface area contributed by atoms with Crippen LogP contribution in [0.2, 0.25) is 0 Å². The van der Waals surface area contributed by atoms with Crippen LogP contribution in [-0.2, 0) is 4.79 Å². The molecule has 0 aliphatic heterocycles. The van der Waals surface area contributed by atoms with E-state index in [1.165, 1.54) is 17.3 Å². The molecule has 0 fully saturated rings. The highest BCUT2D eigenvalue weighted by atomic mass is 16.2. The third-order valence-electron chi connectivity index (χ3n) is 2.44. The minimum Gasteiger partial charge on any atom is -0.384 e. The number of hydrogen-bond donors (Lipinski definition) is 2. The van der Waals surface area contributed by atoms with Gasteiger partial charge in [-0.05, 0) is 6.07 Å². The van der Waals surface area contributed by atoms with Crippen LogP contribution in [0.15, 0.2) is 18.5 Å². The van der Waals surface area contributed by atoms with Crippen LogP contribution in [-0.4, -0.2) is 54.1 Å². The zero-order chi connectivity index (χ0) is 15.0. The Morgan fingerprint density at radius 2 is 2.15 bits per heavy atom. The minimum atomic E-state index is -0.309. The number of amides is 2. The molecule has 6 nitrogen and oxygen atoms in total. The summed E-state index contributed by atoms with van der Waals surface area (Å²) in [5, 5.41) is 11.3. The Hall–Kier alpha value is -2.39. The highest BCUT2D eigenvalue weighted by Gasteiger charge is 2.08. The second kappa shape index (κ2) is 7.92. The number of rotatable bonds is 4. The molecule has 0 aliphatic rings. The number of pyridine rings is 1. The fourth-order valence-electron chi connectivity index (χ4n) is 1.38. The normalized spacial score (nSPS) is 9.35. The van der Waals surface area contributed by atoms with Crippen molar-refractivity contribution >= 4 is 11.8 Å². The first-order chi connectivity index (χ1) is 9.54. The molecule has 1 aromatic rings. The summed E-state index contributed by atoms with van der Waals surface area (Å²) in [5.74, 6) is 4.80. The first kappa shape index (κ1) is 15.7. The van der Waals surface area contributed by atoms with Gasteiger partial charge in [0, 0.05) is 45.0 Å². The molecule has 0 saturated heterocycles. The maximum Gasteiger partial charge on any atom is 0.252 e. The van der Waals surface area contributed by atoms with E-state index in [2.05, 4.69) is 22.1 Å². The lowest BCUT2D eigenvalue weighted by Gasteiger charge is -2.10. The number of aromatic nitrogens is 1. The van der Waals surface area contributed by atoms with Crippen LogP contribution in [0.25, 0.3) is 0 Å². The Labute approximate surface area is 117 Å². The summed E-state index contributed by atoms with van der Waals surface area (Å²) in [6.45, 7) is 0.0193. The van der Waals surface area contributed by atoms with E-state index in [1.807, 2.05) is 0 Å². The standard InChI is InChI=1S/C14H17N3O3/c1-17(2)13(19)5-6-16-14(20)12-8-11(4-3-7-18)9-15-10-12/h8-10,18H,5-7H2,1-2H3,(H,16,20). The van der Waals surface area contributed by atoms with Gasteiger partial charge < -0.3 is 15.3 Å².